The van der Waals surface area contributed by atoms with Crippen molar-refractivity contribution in [1.82, 2.24) is 0 Å². The molecule has 0 bridgehead atoms. The molecule has 3 fully saturated rings. The molecule has 5 atom stereocenters. The lowest BCUT2D eigenvalue weighted by atomic mass is 9.60. The Kier molecular flexibility index (Phi) is 17.7. The van der Waals surface area contributed by atoms with Gasteiger partial charge in [0.25, 0.3) is 0 Å². The molecule has 0 aromatic heterocycles. The second-order valence-electron chi connectivity index (χ2n) is 17.3. The normalized spacial score (nSPS) is 26.6. The third-order valence-electron chi connectivity index (χ3n) is 13.2. The maximum absolute atomic E-state index is 12.1. The quantitative estimate of drug-likeness (QED) is 0.0554. The molecule has 4 rings (SSSR count). The first kappa shape index (κ1) is 42.1. The molecule has 5 unspecified atom stereocenters. The molecular weight excluding hydrogens is 645 g/mol. The van der Waals surface area contributed by atoms with E-state index in [1.807, 2.05) is 0 Å². The van der Waals surface area contributed by atoms with Crippen LogP contribution in [0.2, 0.25) is 0 Å². The fourth-order valence-electron chi connectivity index (χ4n) is 9.75. The minimum atomic E-state index is -0.590. The predicted octanol–water partition coefficient (Wildman–Crippen LogP) is 11.7. The van der Waals surface area contributed by atoms with Crippen LogP contribution in [0.3, 0.4) is 0 Å². The molecule has 4 aliphatic rings. The van der Waals surface area contributed by atoms with Gasteiger partial charge in [-0.1, -0.05) is 94.2 Å². The highest BCUT2D eigenvalue weighted by molar-refractivity contribution is 5.88. The Hall–Kier alpha value is -2.66. The molecule has 0 amide bonds. The van der Waals surface area contributed by atoms with Gasteiger partial charge in [0.15, 0.2) is 0 Å². The van der Waals surface area contributed by atoms with Gasteiger partial charge in [-0.2, -0.15) is 0 Å². The van der Waals surface area contributed by atoms with Gasteiger partial charge < -0.3 is 14.6 Å². The van der Waals surface area contributed by atoms with E-state index in [1.165, 1.54) is 126 Å². The Morgan fingerprint density at radius 3 is 2.06 bits per heavy atom. The van der Waals surface area contributed by atoms with Crippen molar-refractivity contribution in [3.8, 4) is 0 Å². The lowest BCUT2D eigenvalue weighted by Crippen LogP contribution is -2.35. The van der Waals surface area contributed by atoms with E-state index in [1.54, 1.807) is 12.5 Å². The van der Waals surface area contributed by atoms with Crippen molar-refractivity contribution in [3.63, 3.8) is 0 Å². The highest BCUT2D eigenvalue weighted by atomic mass is 16.5. The van der Waals surface area contributed by atoms with Crippen LogP contribution in [-0.4, -0.2) is 36.9 Å². The van der Waals surface area contributed by atoms with E-state index in [2.05, 4.69) is 45.4 Å². The summed E-state index contributed by atoms with van der Waals surface area (Å²) < 4.78 is 10.9. The number of carbonyl (C=O) groups excluding carboxylic acids is 2. The van der Waals surface area contributed by atoms with Crippen LogP contribution in [0.15, 0.2) is 71.9 Å². The molecular formula is C47H72O5. The summed E-state index contributed by atoms with van der Waals surface area (Å²) in [4.78, 5) is 24.2. The molecule has 4 aliphatic carbocycles. The standard InChI is InChI=1S/C47H72O5/c1-7-8-9-10-34(4)11-12-35(5)41-20-15-37(16-21-41)13-14-39-19-24-45-29-44(26-25-43(45)28-39)42-22-17-38(18-23-42)27-40(31-51-46(49)33(2)3)32-52-47(50)36(6)30-48/h15,20,38-40,42-45,48H,2,4-14,16-19,21-32H2,1,3H3. The lowest BCUT2D eigenvalue weighted by molar-refractivity contribution is -0.144. The van der Waals surface area contributed by atoms with Gasteiger partial charge in [-0.25, -0.2) is 9.59 Å². The van der Waals surface area contributed by atoms with Crippen molar-refractivity contribution in [2.45, 2.75) is 149 Å². The third-order valence-corrected chi connectivity index (χ3v) is 13.2. The number of unbranched alkanes of at least 4 members (excludes halogenated alkanes) is 2. The summed E-state index contributed by atoms with van der Waals surface area (Å²) >= 11 is 0. The number of hydrogen-bond acceptors (Lipinski definition) is 5. The second kappa shape index (κ2) is 21.9. The second-order valence-corrected chi connectivity index (χ2v) is 17.3. The number of hydrogen-bond donors (Lipinski definition) is 1. The fourth-order valence-corrected chi connectivity index (χ4v) is 9.75. The zero-order valence-electron chi connectivity index (χ0n) is 33.1. The minimum absolute atomic E-state index is 0.0403. The van der Waals surface area contributed by atoms with Crippen LogP contribution in [0.5, 0.6) is 0 Å². The van der Waals surface area contributed by atoms with Crippen molar-refractivity contribution in [2.75, 3.05) is 19.8 Å². The Bertz CT molecular complexity index is 1290. The number of carbonyl (C=O) groups is 2. The predicted molar refractivity (Wildman–Crippen MR) is 214 cm³/mol. The Labute approximate surface area is 317 Å². The highest BCUT2D eigenvalue weighted by Crippen LogP contribution is 2.50. The van der Waals surface area contributed by atoms with Crippen molar-refractivity contribution in [2.24, 2.45) is 41.4 Å². The van der Waals surface area contributed by atoms with Crippen LogP contribution in [0.1, 0.15) is 149 Å². The summed E-state index contributed by atoms with van der Waals surface area (Å²) in [6.45, 7) is 19.8. The summed E-state index contributed by atoms with van der Waals surface area (Å²) in [7, 11) is 0. The van der Waals surface area contributed by atoms with E-state index < -0.39 is 18.5 Å². The monoisotopic (exact) mass is 717 g/mol. The van der Waals surface area contributed by atoms with Crippen LogP contribution in [0.4, 0.5) is 0 Å². The number of fused-ring (bicyclic) bond motifs is 1. The molecule has 0 aromatic rings. The Morgan fingerprint density at radius 1 is 0.769 bits per heavy atom. The fraction of sp³-hybridized carbons (Fsp3) is 0.702. The molecule has 5 heteroatoms. The van der Waals surface area contributed by atoms with Gasteiger partial charge in [0.1, 0.15) is 0 Å². The number of aliphatic hydroxyl groups excluding tert-OH is 1. The number of allylic oxidation sites excluding steroid dienone is 6. The largest absolute Gasteiger partial charge is 0.462 e. The molecule has 0 radical (unpaired) electrons. The molecule has 52 heavy (non-hydrogen) atoms. The molecule has 0 heterocycles. The first-order valence-corrected chi connectivity index (χ1v) is 21.1. The zero-order chi connectivity index (χ0) is 37.5. The third kappa shape index (κ3) is 13.6. The summed E-state index contributed by atoms with van der Waals surface area (Å²) in [5, 5.41) is 9.22. The highest BCUT2D eigenvalue weighted by Gasteiger charge is 2.39. The van der Waals surface area contributed by atoms with Crippen molar-refractivity contribution in [3.05, 3.63) is 71.9 Å². The molecule has 3 saturated carbocycles. The minimum Gasteiger partial charge on any atom is -0.462 e. The molecule has 1 N–H and O–H groups in total. The average molecular weight is 717 g/mol. The van der Waals surface area contributed by atoms with E-state index in [0.29, 0.717) is 11.5 Å². The average Bonchev–Trinajstić information content (AvgIpc) is 3.16. The summed E-state index contributed by atoms with van der Waals surface area (Å²) in [6.07, 6.45) is 31.4. The van der Waals surface area contributed by atoms with E-state index in [9.17, 15) is 14.7 Å². The smallest absolute Gasteiger partial charge is 0.335 e. The maximum Gasteiger partial charge on any atom is 0.335 e. The van der Waals surface area contributed by atoms with Crippen LogP contribution >= 0.6 is 0 Å². The van der Waals surface area contributed by atoms with Gasteiger partial charge in [0.2, 0.25) is 0 Å². The number of ether oxygens (including phenoxy) is 2. The van der Waals surface area contributed by atoms with Gasteiger partial charge >= 0.3 is 11.9 Å². The Morgan fingerprint density at radius 2 is 1.40 bits per heavy atom. The topological polar surface area (TPSA) is 72.8 Å². The first-order chi connectivity index (χ1) is 25.1. The van der Waals surface area contributed by atoms with Crippen LogP contribution < -0.4 is 0 Å². The van der Waals surface area contributed by atoms with Gasteiger partial charge in [0.05, 0.1) is 25.4 Å². The van der Waals surface area contributed by atoms with Crippen molar-refractivity contribution >= 4 is 11.9 Å². The van der Waals surface area contributed by atoms with Gasteiger partial charge in [-0.3, -0.25) is 0 Å². The van der Waals surface area contributed by atoms with Crippen LogP contribution in [0.25, 0.3) is 0 Å². The number of esters is 2. The summed E-state index contributed by atoms with van der Waals surface area (Å²) in [5.41, 5.74) is 6.23. The molecule has 0 spiro atoms. The first-order valence-electron chi connectivity index (χ1n) is 21.1. The lowest BCUT2D eigenvalue weighted by Gasteiger charge is -2.45. The molecule has 0 aromatic carbocycles. The summed E-state index contributed by atoms with van der Waals surface area (Å²) in [5.74, 6) is 3.94. The molecule has 0 aliphatic heterocycles. The SMILES string of the molecule is C=C(CCCCC)CCC(=C)C1=CC=C(CCC2CCC3CC(C4CCC(CC(COC(=O)C(=C)C)COC(=O)C(=C)CO)CC4)CCC3C2)CC1. The van der Waals surface area contributed by atoms with E-state index in [0.717, 1.165) is 55.3 Å². The van der Waals surface area contributed by atoms with Crippen molar-refractivity contribution in [1.29, 1.82) is 0 Å². The molecule has 0 saturated heterocycles. The summed E-state index contributed by atoms with van der Waals surface area (Å²) in [6, 6.07) is 0. The van der Waals surface area contributed by atoms with Gasteiger partial charge in [0, 0.05) is 11.5 Å². The van der Waals surface area contributed by atoms with Gasteiger partial charge in [-0.15, -0.1) is 0 Å². The van der Waals surface area contributed by atoms with E-state index >= 15 is 0 Å². The van der Waals surface area contributed by atoms with Gasteiger partial charge in [-0.05, 0) is 151 Å². The zero-order valence-corrected chi connectivity index (χ0v) is 33.1. The number of rotatable bonds is 21. The van der Waals surface area contributed by atoms with Crippen LogP contribution in [0, 0.1) is 41.4 Å². The molecule has 290 valence electrons. The number of aliphatic hydroxyl groups is 1. The van der Waals surface area contributed by atoms with Crippen molar-refractivity contribution < 1.29 is 24.2 Å². The Balaban J connectivity index is 1.15. The maximum atomic E-state index is 12.1. The van der Waals surface area contributed by atoms with E-state index in [-0.39, 0.29) is 24.7 Å². The van der Waals surface area contributed by atoms with Crippen LogP contribution in [-0.2, 0) is 19.1 Å². The molecule has 5 nitrogen and oxygen atoms in total. The van der Waals surface area contributed by atoms with E-state index in [4.69, 9.17) is 9.47 Å².